The molecule has 0 atom stereocenters. The lowest BCUT2D eigenvalue weighted by Gasteiger charge is -2.18. The molecular formula is C63H60N2O3. The van der Waals surface area contributed by atoms with E-state index >= 15 is 0 Å². The summed E-state index contributed by atoms with van der Waals surface area (Å²) in [7, 11) is 0. The summed E-state index contributed by atoms with van der Waals surface area (Å²) in [5.41, 5.74) is 16.4. The van der Waals surface area contributed by atoms with Crippen LogP contribution in [-0.2, 0) is 0 Å². The van der Waals surface area contributed by atoms with Crippen molar-refractivity contribution >= 4 is 22.4 Å². The zero-order chi connectivity index (χ0) is 46.5. The van der Waals surface area contributed by atoms with Gasteiger partial charge in [0.05, 0.1) is 42.6 Å². The first-order chi connectivity index (χ1) is 33.6. The van der Waals surface area contributed by atoms with Crippen molar-refractivity contribution in [1.82, 2.24) is 4.98 Å². The number of allylic oxidation sites excluding steroid dienone is 2. The van der Waals surface area contributed by atoms with Gasteiger partial charge in [-0.05, 0) is 89.0 Å². The highest BCUT2D eigenvalue weighted by atomic mass is 16.5. The number of aromatic nitrogens is 1. The number of rotatable bonds is 20. The van der Waals surface area contributed by atoms with E-state index in [4.69, 9.17) is 19.2 Å². The van der Waals surface area contributed by atoms with E-state index in [9.17, 15) is 0 Å². The average Bonchev–Trinajstić information content (AvgIpc) is 3.99. The molecular weight excluding hydrogens is 833 g/mol. The number of nitrogens with one attached hydrogen (secondary N) is 1. The van der Waals surface area contributed by atoms with Gasteiger partial charge in [0.1, 0.15) is 17.2 Å². The van der Waals surface area contributed by atoms with Crippen LogP contribution in [0, 0.1) is 0 Å². The molecule has 1 aromatic heterocycles. The topological polar surface area (TPSA) is 55.8 Å². The van der Waals surface area contributed by atoms with Crippen LogP contribution >= 0.6 is 0 Å². The van der Waals surface area contributed by atoms with E-state index < -0.39 is 0 Å². The first-order valence-corrected chi connectivity index (χ1v) is 24.4. The molecule has 340 valence electrons. The second-order valence-corrected chi connectivity index (χ2v) is 17.2. The molecule has 1 aliphatic rings. The second kappa shape index (κ2) is 22.2. The van der Waals surface area contributed by atoms with Crippen LogP contribution in [0.3, 0.4) is 0 Å². The van der Waals surface area contributed by atoms with Crippen molar-refractivity contribution in [3.05, 3.63) is 228 Å². The summed E-state index contributed by atoms with van der Waals surface area (Å²) >= 11 is 0. The van der Waals surface area contributed by atoms with Gasteiger partial charge in [0.15, 0.2) is 0 Å². The maximum absolute atomic E-state index is 6.29. The smallest absolute Gasteiger partial charge is 0.119 e. The minimum atomic E-state index is 0.666. The fourth-order valence-electron chi connectivity index (χ4n) is 8.86. The third-order valence-corrected chi connectivity index (χ3v) is 12.4. The van der Waals surface area contributed by atoms with Gasteiger partial charge in [0.2, 0.25) is 0 Å². The normalized spacial score (nSPS) is 13.1. The highest BCUT2D eigenvalue weighted by Gasteiger charge is 2.33. The highest BCUT2D eigenvalue weighted by Crippen LogP contribution is 2.51. The summed E-state index contributed by atoms with van der Waals surface area (Å²) in [6.45, 7) is 8.59. The van der Waals surface area contributed by atoms with E-state index in [1.54, 1.807) is 0 Å². The molecule has 5 nitrogen and oxygen atoms in total. The molecule has 1 aliphatic heterocycles. The van der Waals surface area contributed by atoms with Gasteiger partial charge in [-0.15, -0.1) is 0 Å². The molecule has 0 amide bonds. The Morgan fingerprint density at radius 2 is 0.794 bits per heavy atom. The fourth-order valence-corrected chi connectivity index (χ4v) is 8.86. The predicted molar refractivity (Wildman–Crippen MR) is 283 cm³/mol. The van der Waals surface area contributed by atoms with Gasteiger partial charge in [0.25, 0.3) is 0 Å². The molecule has 2 heterocycles. The van der Waals surface area contributed by atoms with E-state index in [0.29, 0.717) is 19.8 Å². The summed E-state index contributed by atoms with van der Waals surface area (Å²) < 4.78 is 18.8. The number of unbranched alkanes of at least 4 members (excludes halogenated alkanes) is 3. The van der Waals surface area contributed by atoms with Gasteiger partial charge in [-0.2, -0.15) is 0 Å². The Hall–Kier alpha value is -7.63. The minimum Gasteiger partial charge on any atom is -0.494 e. The van der Waals surface area contributed by atoms with Crippen molar-refractivity contribution in [3.8, 4) is 50.8 Å². The summed E-state index contributed by atoms with van der Waals surface area (Å²) in [4.78, 5) is 10.0. The SMILES string of the molecule is CCCCOc1ccc(C2=C(c3ccccc3)C(c3ccccc3)=N/C2=C(/c2ccc(OCCCC)cc2)c2[nH]c(-c3ccccc3)c(-c3ccccc3)c2-c2ccc(OCCCC)cc2)cc1. The Labute approximate surface area is 402 Å². The summed E-state index contributed by atoms with van der Waals surface area (Å²) in [6, 6.07) is 68.6. The first kappa shape index (κ1) is 45.5. The zero-order valence-corrected chi connectivity index (χ0v) is 39.5. The predicted octanol–water partition coefficient (Wildman–Crippen LogP) is 16.4. The van der Waals surface area contributed by atoms with Crippen LogP contribution in [0.4, 0.5) is 0 Å². The number of hydrogen-bond acceptors (Lipinski definition) is 4. The zero-order valence-electron chi connectivity index (χ0n) is 39.5. The van der Waals surface area contributed by atoms with Gasteiger partial charge in [-0.25, -0.2) is 4.99 Å². The Balaban J connectivity index is 1.40. The van der Waals surface area contributed by atoms with Crippen LogP contribution < -0.4 is 14.2 Å². The summed E-state index contributed by atoms with van der Waals surface area (Å²) in [5.74, 6) is 2.55. The molecule has 0 saturated heterocycles. The number of hydrogen-bond donors (Lipinski definition) is 1. The van der Waals surface area contributed by atoms with E-state index in [2.05, 4.69) is 220 Å². The van der Waals surface area contributed by atoms with Crippen molar-refractivity contribution < 1.29 is 14.2 Å². The maximum atomic E-state index is 6.29. The third-order valence-electron chi connectivity index (χ3n) is 12.4. The van der Waals surface area contributed by atoms with Crippen molar-refractivity contribution in [3.63, 3.8) is 0 Å². The minimum absolute atomic E-state index is 0.666. The van der Waals surface area contributed by atoms with Gasteiger partial charge < -0.3 is 19.2 Å². The van der Waals surface area contributed by atoms with Crippen LogP contribution in [0.15, 0.2) is 205 Å². The largest absolute Gasteiger partial charge is 0.494 e. The lowest BCUT2D eigenvalue weighted by Crippen LogP contribution is -2.02. The average molecular weight is 893 g/mol. The quantitative estimate of drug-likeness (QED) is 0.0776. The second-order valence-electron chi connectivity index (χ2n) is 17.2. The Kier molecular flexibility index (Phi) is 14.9. The summed E-state index contributed by atoms with van der Waals surface area (Å²) in [6.07, 6.45) is 6.21. The van der Waals surface area contributed by atoms with Gasteiger partial charge >= 0.3 is 0 Å². The molecule has 0 aliphatic carbocycles. The van der Waals surface area contributed by atoms with Crippen LogP contribution in [0.25, 0.3) is 50.2 Å². The molecule has 68 heavy (non-hydrogen) atoms. The molecule has 0 saturated carbocycles. The van der Waals surface area contributed by atoms with Crippen LogP contribution in [-0.4, -0.2) is 30.5 Å². The molecule has 1 N–H and O–H groups in total. The number of aromatic amines is 1. The molecule has 0 unspecified atom stereocenters. The first-order valence-electron chi connectivity index (χ1n) is 24.4. The molecule has 9 rings (SSSR count). The molecule has 0 radical (unpaired) electrons. The number of aliphatic imine (C=N–C) groups is 1. The molecule has 8 aromatic rings. The summed E-state index contributed by atoms with van der Waals surface area (Å²) in [5, 5.41) is 0. The molecule has 5 heteroatoms. The number of H-pyrrole nitrogens is 1. The Morgan fingerprint density at radius 1 is 0.397 bits per heavy atom. The highest BCUT2D eigenvalue weighted by molar-refractivity contribution is 6.42. The third kappa shape index (κ3) is 10.2. The van der Waals surface area contributed by atoms with Crippen LogP contribution in [0.2, 0.25) is 0 Å². The number of nitrogens with zero attached hydrogens (tertiary/aromatic N) is 1. The molecule has 0 spiro atoms. The number of ether oxygens (including phenoxy) is 3. The van der Waals surface area contributed by atoms with E-state index in [1.807, 2.05) is 0 Å². The maximum Gasteiger partial charge on any atom is 0.119 e. The van der Waals surface area contributed by atoms with Gasteiger partial charge in [-0.1, -0.05) is 198 Å². The van der Waals surface area contributed by atoms with Crippen molar-refractivity contribution in [1.29, 1.82) is 0 Å². The van der Waals surface area contributed by atoms with Crippen LogP contribution in [0.5, 0.6) is 17.2 Å². The van der Waals surface area contributed by atoms with Crippen molar-refractivity contribution in [2.45, 2.75) is 59.3 Å². The van der Waals surface area contributed by atoms with Gasteiger partial charge in [-0.3, -0.25) is 0 Å². The van der Waals surface area contributed by atoms with E-state index in [0.717, 1.165) is 145 Å². The Bertz CT molecular complexity index is 2970. The molecule has 0 bridgehead atoms. The van der Waals surface area contributed by atoms with Crippen LogP contribution in [0.1, 0.15) is 87.2 Å². The van der Waals surface area contributed by atoms with Gasteiger partial charge in [0, 0.05) is 33.4 Å². The van der Waals surface area contributed by atoms with Crippen molar-refractivity contribution in [2.75, 3.05) is 19.8 Å². The standard InChI is InChI=1S/C63H60N2O3/c1-4-7-42-66-52-36-30-47(31-37-52)57-55(45-22-14-10-15-23-45)60(50-26-18-12-19-27-50)64-62(57)59(49-34-40-54(41-35-49)68-44-9-6-3)63-58(48-32-38-53(39-33-48)67-43-8-5-2)56(46-24-16-11-17-25-46)61(65-63)51-28-20-13-21-29-51/h10-41,64H,4-9,42-44H2,1-3H3/b63-59-. The Morgan fingerprint density at radius 3 is 1.28 bits per heavy atom. The molecule has 0 fully saturated rings. The van der Waals surface area contributed by atoms with E-state index in [1.165, 1.54) is 0 Å². The van der Waals surface area contributed by atoms with Crippen molar-refractivity contribution in [2.24, 2.45) is 4.99 Å². The fraction of sp³-hybridized carbons (Fsp3) is 0.190. The van der Waals surface area contributed by atoms with E-state index in [-0.39, 0.29) is 0 Å². The lowest BCUT2D eigenvalue weighted by molar-refractivity contribution is 0.309. The number of benzene rings is 7. The monoisotopic (exact) mass is 892 g/mol. The lowest BCUT2D eigenvalue weighted by atomic mass is 9.85. The molecule has 7 aromatic carbocycles.